The molecule has 1 saturated heterocycles. The van der Waals surface area contributed by atoms with Crippen molar-refractivity contribution in [1.29, 1.82) is 0 Å². The second-order valence-corrected chi connectivity index (χ2v) is 6.50. The number of para-hydroxylation sites is 1. The molecule has 0 aliphatic carbocycles. The van der Waals surface area contributed by atoms with Crippen LogP contribution in [0.4, 0.5) is 0 Å². The van der Waals surface area contributed by atoms with Crippen molar-refractivity contribution in [1.82, 2.24) is 19.7 Å². The molecule has 0 saturated carbocycles. The number of piperidine rings is 1. The minimum absolute atomic E-state index is 0. The zero-order valence-electron chi connectivity index (χ0n) is 14.2. The average molecular weight is 384 g/mol. The SMILES string of the molecule is CCCc1nc(C(=O)N2CCC(N)CC2)nn1-c1ccccc1Cl.Cl. The molecule has 1 aromatic carbocycles. The lowest BCUT2D eigenvalue weighted by molar-refractivity contribution is 0.0702. The number of nitrogens with two attached hydrogens (primary N) is 1. The number of hydrogen-bond acceptors (Lipinski definition) is 4. The van der Waals surface area contributed by atoms with Gasteiger partial charge in [0.1, 0.15) is 5.82 Å². The van der Waals surface area contributed by atoms with Crippen molar-refractivity contribution in [2.75, 3.05) is 13.1 Å². The van der Waals surface area contributed by atoms with Crippen LogP contribution in [0, 0.1) is 0 Å². The van der Waals surface area contributed by atoms with Gasteiger partial charge in [-0.2, -0.15) is 0 Å². The Bertz CT molecular complexity index is 726. The van der Waals surface area contributed by atoms with E-state index in [4.69, 9.17) is 17.3 Å². The Balaban J connectivity index is 0.00000225. The van der Waals surface area contributed by atoms with Crippen molar-refractivity contribution in [2.24, 2.45) is 5.73 Å². The summed E-state index contributed by atoms with van der Waals surface area (Å²) in [5.74, 6) is 0.849. The van der Waals surface area contributed by atoms with E-state index in [1.54, 1.807) is 9.58 Å². The molecule has 0 bridgehead atoms. The number of hydrogen-bond donors (Lipinski definition) is 1. The largest absolute Gasteiger partial charge is 0.336 e. The van der Waals surface area contributed by atoms with Crippen molar-refractivity contribution in [3.63, 3.8) is 0 Å². The summed E-state index contributed by atoms with van der Waals surface area (Å²) in [7, 11) is 0. The quantitative estimate of drug-likeness (QED) is 0.880. The van der Waals surface area contributed by atoms with Gasteiger partial charge in [-0.15, -0.1) is 17.5 Å². The fourth-order valence-corrected chi connectivity index (χ4v) is 3.10. The van der Waals surface area contributed by atoms with E-state index in [2.05, 4.69) is 17.0 Å². The van der Waals surface area contributed by atoms with E-state index in [-0.39, 0.29) is 30.2 Å². The fourth-order valence-electron chi connectivity index (χ4n) is 2.88. The molecule has 2 heterocycles. The van der Waals surface area contributed by atoms with Crippen LogP contribution in [0.3, 0.4) is 0 Å². The summed E-state index contributed by atoms with van der Waals surface area (Å²) in [5.41, 5.74) is 6.65. The first-order valence-corrected chi connectivity index (χ1v) is 8.73. The molecule has 2 aromatic rings. The zero-order valence-corrected chi connectivity index (χ0v) is 15.8. The van der Waals surface area contributed by atoms with Crippen LogP contribution in [0.5, 0.6) is 0 Å². The van der Waals surface area contributed by atoms with Crippen LogP contribution in [0.15, 0.2) is 24.3 Å². The van der Waals surface area contributed by atoms with Crippen molar-refractivity contribution >= 4 is 29.9 Å². The number of carbonyl (C=O) groups excluding carboxylic acids is 1. The van der Waals surface area contributed by atoms with E-state index in [1.165, 1.54) is 0 Å². The Hall–Kier alpha value is -1.63. The molecule has 6 nitrogen and oxygen atoms in total. The molecule has 136 valence electrons. The first kappa shape index (κ1) is 19.7. The Labute approximate surface area is 158 Å². The van der Waals surface area contributed by atoms with E-state index < -0.39 is 0 Å². The molecule has 0 unspecified atom stereocenters. The van der Waals surface area contributed by atoms with Crippen LogP contribution >= 0.6 is 24.0 Å². The zero-order chi connectivity index (χ0) is 17.1. The van der Waals surface area contributed by atoms with Crippen LogP contribution in [-0.4, -0.2) is 44.7 Å². The van der Waals surface area contributed by atoms with Crippen LogP contribution in [-0.2, 0) is 6.42 Å². The molecule has 8 heteroatoms. The van der Waals surface area contributed by atoms with Gasteiger partial charge in [0.15, 0.2) is 0 Å². The third kappa shape index (κ3) is 4.32. The molecule has 2 N–H and O–H groups in total. The summed E-state index contributed by atoms with van der Waals surface area (Å²) in [5, 5.41) is 5.04. The Morgan fingerprint density at radius 2 is 2.00 bits per heavy atom. The first-order valence-electron chi connectivity index (χ1n) is 8.36. The van der Waals surface area contributed by atoms with E-state index in [1.807, 2.05) is 24.3 Å². The van der Waals surface area contributed by atoms with Gasteiger partial charge < -0.3 is 10.6 Å². The molecule has 1 aromatic heterocycles. The molecule has 0 spiro atoms. The van der Waals surface area contributed by atoms with Crippen LogP contribution < -0.4 is 5.73 Å². The molecular weight excluding hydrogens is 361 g/mol. The number of likely N-dealkylation sites (tertiary alicyclic amines) is 1. The summed E-state index contributed by atoms with van der Waals surface area (Å²) in [6.45, 7) is 3.38. The topological polar surface area (TPSA) is 77.0 Å². The van der Waals surface area contributed by atoms with E-state index in [0.29, 0.717) is 18.1 Å². The molecular formula is C17H23Cl2N5O. The predicted octanol–water partition coefficient (Wildman–Crippen LogP) is 2.86. The highest BCUT2D eigenvalue weighted by molar-refractivity contribution is 6.32. The summed E-state index contributed by atoms with van der Waals surface area (Å²) < 4.78 is 1.69. The second kappa shape index (κ2) is 8.65. The number of halogens is 2. The summed E-state index contributed by atoms with van der Waals surface area (Å²) in [6, 6.07) is 7.63. The van der Waals surface area contributed by atoms with Gasteiger partial charge in [-0.1, -0.05) is 30.7 Å². The fraction of sp³-hybridized carbons (Fsp3) is 0.471. The standard InChI is InChI=1S/C17H22ClN5O.ClH/c1-2-5-15-20-16(17(24)22-10-8-12(19)9-11-22)21-23(15)14-7-4-3-6-13(14)18;/h3-4,6-7,12H,2,5,8-11,19H2,1H3;1H. The molecule has 0 atom stereocenters. The van der Waals surface area contributed by atoms with E-state index in [0.717, 1.165) is 37.2 Å². The van der Waals surface area contributed by atoms with Crippen molar-refractivity contribution in [2.45, 2.75) is 38.6 Å². The number of carbonyl (C=O) groups is 1. The van der Waals surface area contributed by atoms with Crippen LogP contribution in [0.25, 0.3) is 5.69 Å². The smallest absolute Gasteiger partial charge is 0.293 e. The maximum absolute atomic E-state index is 12.7. The average Bonchev–Trinajstić information content (AvgIpc) is 2.99. The number of aryl methyl sites for hydroxylation is 1. The monoisotopic (exact) mass is 383 g/mol. The predicted molar refractivity (Wildman–Crippen MR) is 101 cm³/mol. The number of benzene rings is 1. The Morgan fingerprint density at radius 3 is 2.64 bits per heavy atom. The van der Waals surface area contributed by atoms with Gasteiger partial charge in [0.2, 0.25) is 5.82 Å². The number of nitrogens with zero attached hydrogens (tertiary/aromatic N) is 4. The third-order valence-electron chi connectivity index (χ3n) is 4.25. The third-order valence-corrected chi connectivity index (χ3v) is 4.57. The van der Waals surface area contributed by atoms with Gasteiger partial charge in [0.05, 0.1) is 10.7 Å². The summed E-state index contributed by atoms with van der Waals surface area (Å²) in [6.07, 6.45) is 3.28. The van der Waals surface area contributed by atoms with Crippen LogP contribution in [0.2, 0.25) is 5.02 Å². The van der Waals surface area contributed by atoms with Gasteiger partial charge in [0, 0.05) is 25.6 Å². The lowest BCUT2D eigenvalue weighted by Gasteiger charge is -2.29. The Morgan fingerprint density at radius 1 is 1.32 bits per heavy atom. The van der Waals surface area contributed by atoms with Crippen molar-refractivity contribution in [3.8, 4) is 5.69 Å². The maximum atomic E-state index is 12.7. The van der Waals surface area contributed by atoms with Crippen LogP contribution in [0.1, 0.15) is 42.6 Å². The van der Waals surface area contributed by atoms with E-state index >= 15 is 0 Å². The van der Waals surface area contributed by atoms with Gasteiger partial charge in [0.25, 0.3) is 5.91 Å². The second-order valence-electron chi connectivity index (χ2n) is 6.09. The minimum Gasteiger partial charge on any atom is -0.336 e. The molecule has 1 aliphatic rings. The van der Waals surface area contributed by atoms with Gasteiger partial charge in [-0.05, 0) is 31.4 Å². The number of aromatic nitrogens is 3. The first-order chi connectivity index (χ1) is 11.6. The van der Waals surface area contributed by atoms with Crippen molar-refractivity contribution in [3.05, 3.63) is 40.9 Å². The summed E-state index contributed by atoms with van der Waals surface area (Å²) >= 11 is 6.29. The highest BCUT2D eigenvalue weighted by Crippen LogP contribution is 2.21. The molecule has 0 radical (unpaired) electrons. The van der Waals surface area contributed by atoms with E-state index in [9.17, 15) is 4.79 Å². The van der Waals surface area contributed by atoms with Gasteiger partial charge in [-0.3, -0.25) is 4.79 Å². The normalized spacial score (nSPS) is 15.1. The minimum atomic E-state index is -0.134. The molecule has 3 rings (SSSR count). The number of amides is 1. The lowest BCUT2D eigenvalue weighted by atomic mass is 10.1. The number of rotatable bonds is 4. The van der Waals surface area contributed by atoms with Crippen molar-refractivity contribution < 1.29 is 4.79 Å². The maximum Gasteiger partial charge on any atom is 0.293 e. The summed E-state index contributed by atoms with van der Waals surface area (Å²) in [4.78, 5) is 19.0. The highest BCUT2D eigenvalue weighted by atomic mass is 35.5. The molecule has 25 heavy (non-hydrogen) atoms. The molecule has 1 fully saturated rings. The molecule has 1 amide bonds. The lowest BCUT2D eigenvalue weighted by Crippen LogP contribution is -2.43. The Kier molecular flexibility index (Phi) is 6.81. The van der Waals surface area contributed by atoms with Gasteiger partial charge in [-0.25, -0.2) is 9.67 Å². The molecule has 1 aliphatic heterocycles. The van der Waals surface area contributed by atoms with Gasteiger partial charge >= 0.3 is 0 Å². The highest BCUT2D eigenvalue weighted by Gasteiger charge is 2.26.